The van der Waals surface area contributed by atoms with Gasteiger partial charge in [0.1, 0.15) is 5.75 Å². The molecule has 0 aliphatic rings. The molecule has 1 rings (SSSR count). The largest absolute Gasteiger partial charge is 0.497 e. The fraction of sp³-hybridized carbons (Fsp3) is 0.364. The van der Waals surface area contributed by atoms with Crippen LogP contribution in [0.15, 0.2) is 24.3 Å². The van der Waals surface area contributed by atoms with Gasteiger partial charge in [0, 0.05) is 6.54 Å². The Balaban J connectivity index is 0.00000225. The second kappa shape index (κ2) is 7.96. The normalized spacial score (nSPS) is 9.12. The van der Waals surface area contributed by atoms with E-state index < -0.39 is 0 Å². The van der Waals surface area contributed by atoms with Gasteiger partial charge >= 0.3 is 0 Å². The van der Waals surface area contributed by atoms with E-state index in [1.54, 1.807) is 14.2 Å². The van der Waals surface area contributed by atoms with Crippen LogP contribution in [-0.4, -0.2) is 26.6 Å². The fourth-order valence-corrected chi connectivity index (χ4v) is 1.17. The predicted molar refractivity (Wildman–Crippen MR) is 66.0 cm³/mol. The zero-order valence-corrected chi connectivity index (χ0v) is 10.3. The zero-order valence-electron chi connectivity index (χ0n) is 9.45. The zero-order chi connectivity index (χ0) is 11.1. The van der Waals surface area contributed by atoms with Gasteiger partial charge in [-0.3, -0.25) is 4.79 Å². The van der Waals surface area contributed by atoms with Crippen molar-refractivity contribution < 1.29 is 9.53 Å². The maximum absolute atomic E-state index is 11.1. The minimum atomic E-state index is -0.00619. The molecule has 0 unspecified atom stereocenters. The summed E-state index contributed by atoms with van der Waals surface area (Å²) in [6.45, 7) is 0.890. The van der Waals surface area contributed by atoms with E-state index in [9.17, 15) is 4.79 Å². The van der Waals surface area contributed by atoms with E-state index in [0.29, 0.717) is 13.1 Å². The quantitative estimate of drug-likeness (QED) is 0.811. The average Bonchev–Trinajstić information content (AvgIpc) is 2.27. The highest BCUT2D eigenvalue weighted by molar-refractivity contribution is 5.85. The number of hydrogen-bond donors (Lipinski definition) is 2. The summed E-state index contributed by atoms with van der Waals surface area (Å²) in [5.74, 6) is 0.814. The van der Waals surface area contributed by atoms with Crippen molar-refractivity contribution in [2.75, 3.05) is 20.7 Å². The second-order valence-electron chi connectivity index (χ2n) is 3.16. The van der Waals surface area contributed by atoms with E-state index in [-0.39, 0.29) is 18.3 Å². The third-order valence-corrected chi connectivity index (χ3v) is 1.99. The van der Waals surface area contributed by atoms with Gasteiger partial charge in [-0.2, -0.15) is 0 Å². The molecule has 1 amide bonds. The summed E-state index contributed by atoms with van der Waals surface area (Å²) in [7, 11) is 3.37. The molecule has 0 fully saturated rings. The molecule has 0 saturated carbocycles. The smallest absolute Gasteiger partial charge is 0.234 e. The van der Waals surface area contributed by atoms with E-state index in [0.717, 1.165) is 11.3 Å². The first kappa shape index (κ1) is 14.7. The standard InChI is InChI=1S/C11H16N2O2.ClH/c1-12-8-11(14)13-7-9-3-5-10(15-2)6-4-9;/h3-6,12H,7-8H2,1-2H3,(H,13,14);1H. The van der Waals surface area contributed by atoms with E-state index in [2.05, 4.69) is 10.6 Å². The van der Waals surface area contributed by atoms with Crippen molar-refractivity contribution in [3.05, 3.63) is 29.8 Å². The Labute approximate surface area is 102 Å². The third-order valence-electron chi connectivity index (χ3n) is 1.99. The lowest BCUT2D eigenvalue weighted by Gasteiger charge is -2.05. The van der Waals surface area contributed by atoms with Crippen molar-refractivity contribution >= 4 is 18.3 Å². The molecule has 2 N–H and O–H groups in total. The van der Waals surface area contributed by atoms with Crippen LogP contribution in [-0.2, 0) is 11.3 Å². The Hall–Kier alpha value is -1.26. The molecule has 0 atom stereocenters. The van der Waals surface area contributed by atoms with E-state index >= 15 is 0 Å². The Morgan fingerprint density at radius 3 is 2.44 bits per heavy atom. The van der Waals surface area contributed by atoms with Crippen LogP contribution in [0.25, 0.3) is 0 Å². The van der Waals surface area contributed by atoms with Crippen molar-refractivity contribution in [2.24, 2.45) is 0 Å². The number of carbonyl (C=O) groups excluding carboxylic acids is 1. The molecule has 5 heteroatoms. The van der Waals surface area contributed by atoms with Crippen LogP contribution in [0, 0.1) is 0 Å². The highest BCUT2D eigenvalue weighted by atomic mass is 35.5. The van der Waals surface area contributed by atoms with Crippen LogP contribution < -0.4 is 15.4 Å². The number of nitrogens with one attached hydrogen (secondary N) is 2. The minimum absolute atomic E-state index is 0. The van der Waals surface area contributed by atoms with Gasteiger partial charge in [0.25, 0.3) is 0 Å². The van der Waals surface area contributed by atoms with E-state index in [4.69, 9.17) is 4.74 Å². The molecule has 16 heavy (non-hydrogen) atoms. The second-order valence-corrected chi connectivity index (χ2v) is 3.16. The highest BCUT2D eigenvalue weighted by Gasteiger charge is 1.99. The monoisotopic (exact) mass is 244 g/mol. The lowest BCUT2D eigenvalue weighted by Crippen LogP contribution is -2.31. The maximum atomic E-state index is 11.1. The van der Waals surface area contributed by atoms with Crippen LogP contribution in [0.2, 0.25) is 0 Å². The molecule has 0 aromatic heterocycles. The number of rotatable bonds is 5. The molecule has 90 valence electrons. The first-order valence-electron chi connectivity index (χ1n) is 4.80. The average molecular weight is 245 g/mol. The lowest BCUT2D eigenvalue weighted by molar-refractivity contribution is -0.120. The summed E-state index contributed by atoms with van der Waals surface area (Å²) < 4.78 is 5.04. The number of amides is 1. The van der Waals surface area contributed by atoms with Gasteiger partial charge in [0.05, 0.1) is 13.7 Å². The molecule has 0 radical (unpaired) electrons. The van der Waals surface area contributed by atoms with E-state index in [1.807, 2.05) is 24.3 Å². The Bertz CT molecular complexity index is 314. The SMILES string of the molecule is CNCC(=O)NCc1ccc(OC)cc1.Cl. The van der Waals surface area contributed by atoms with Gasteiger partial charge in [-0.25, -0.2) is 0 Å². The first-order valence-corrected chi connectivity index (χ1v) is 4.80. The van der Waals surface area contributed by atoms with E-state index in [1.165, 1.54) is 0 Å². The van der Waals surface area contributed by atoms with Gasteiger partial charge in [-0.1, -0.05) is 12.1 Å². The number of halogens is 1. The van der Waals surface area contributed by atoms with Crippen molar-refractivity contribution in [1.82, 2.24) is 10.6 Å². The molecular formula is C11H17ClN2O2. The minimum Gasteiger partial charge on any atom is -0.497 e. The first-order chi connectivity index (χ1) is 7.26. The molecule has 0 saturated heterocycles. The van der Waals surface area contributed by atoms with Crippen molar-refractivity contribution in [2.45, 2.75) is 6.54 Å². The molecule has 1 aromatic rings. The summed E-state index contributed by atoms with van der Waals surface area (Å²) in [4.78, 5) is 11.1. The van der Waals surface area contributed by atoms with Gasteiger partial charge < -0.3 is 15.4 Å². The number of benzene rings is 1. The molecule has 1 aromatic carbocycles. The summed E-state index contributed by atoms with van der Waals surface area (Å²) >= 11 is 0. The number of methoxy groups -OCH3 is 1. The Morgan fingerprint density at radius 2 is 1.94 bits per heavy atom. The van der Waals surface area contributed by atoms with Crippen molar-refractivity contribution in [3.63, 3.8) is 0 Å². The number of likely N-dealkylation sites (N-methyl/N-ethyl adjacent to an activating group) is 1. The summed E-state index contributed by atoms with van der Waals surface area (Å²) in [6.07, 6.45) is 0. The molecule has 0 bridgehead atoms. The summed E-state index contributed by atoms with van der Waals surface area (Å²) in [5, 5.41) is 5.59. The molecule has 0 aliphatic heterocycles. The Kier molecular flexibility index (Phi) is 7.33. The molecular weight excluding hydrogens is 228 g/mol. The van der Waals surface area contributed by atoms with Crippen LogP contribution in [0.3, 0.4) is 0 Å². The molecule has 4 nitrogen and oxygen atoms in total. The van der Waals surface area contributed by atoms with Crippen LogP contribution in [0.1, 0.15) is 5.56 Å². The van der Waals surface area contributed by atoms with Crippen molar-refractivity contribution in [3.8, 4) is 5.75 Å². The maximum Gasteiger partial charge on any atom is 0.234 e. The van der Waals surface area contributed by atoms with Gasteiger partial charge in [0.15, 0.2) is 0 Å². The number of carbonyl (C=O) groups is 1. The summed E-state index contributed by atoms with van der Waals surface area (Å²) in [5.41, 5.74) is 1.06. The fourth-order valence-electron chi connectivity index (χ4n) is 1.17. The predicted octanol–water partition coefficient (Wildman–Crippen LogP) is 0.953. The molecule has 0 aliphatic carbocycles. The molecule has 0 spiro atoms. The lowest BCUT2D eigenvalue weighted by atomic mass is 10.2. The number of hydrogen-bond acceptors (Lipinski definition) is 3. The highest BCUT2D eigenvalue weighted by Crippen LogP contribution is 2.10. The summed E-state index contributed by atoms with van der Waals surface area (Å²) in [6, 6.07) is 7.61. The van der Waals surface area contributed by atoms with Gasteiger partial charge in [-0.05, 0) is 24.7 Å². The van der Waals surface area contributed by atoms with Crippen LogP contribution in [0.5, 0.6) is 5.75 Å². The van der Waals surface area contributed by atoms with Crippen LogP contribution >= 0.6 is 12.4 Å². The van der Waals surface area contributed by atoms with Gasteiger partial charge in [0.2, 0.25) is 5.91 Å². The molecule has 0 heterocycles. The van der Waals surface area contributed by atoms with Crippen LogP contribution in [0.4, 0.5) is 0 Å². The van der Waals surface area contributed by atoms with Crippen molar-refractivity contribution in [1.29, 1.82) is 0 Å². The third kappa shape index (κ3) is 5.00. The van der Waals surface area contributed by atoms with Gasteiger partial charge in [-0.15, -0.1) is 12.4 Å². The number of ether oxygens (including phenoxy) is 1. The topological polar surface area (TPSA) is 50.4 Å². The Morgan fingerprint density at radius 1 is 1.31 bits per heavy atom.